The van der Waals surface area contributed by atoms with Gasteiger partial charge in [-0.25, -0.2) is 13.2 Å². The van der Waals surface area contributed by atoms with Crippen LogP contribution in [0.3, 0.4) is 0 Å². The molecule has 0 bridgehead atoms. The Morgan fingerprint density at radius 1 is 1.16 bits per heavy atom. The zero-order valence-electron chi connectivity index (χ0n) is 18.1. The number of fused-ring (bicyclic) bond motifs is 1. The Balaban J connectivity index is 1.58. The highest BCUT2D eigenvalue weighted by Gasteiger charge is 2.30. The molecule has 32 heavy (non-hydrogen) atoms. The summed E-state index contributed by atoms with van der Waals surface area (Å²) >= 11 is 1.35. The van der Waals surface area contributed by atoms with Crippen molar-refractivity contribution in [3.8, 4) is 0 Å². The smallest absolute Gasteiger partial charge is 0.324 e. The number of H-pyrrole nitrogens is 1. The standard InChI is InChI=1S/C21H25N5O4S2/c1-21(2,3)17-11-13(19(27)26-7-9-32(29,30)10-8-26)18(31-17)24-20(28)23-15-5-4-6-16-14(15)12-22-25-16/h4-6,11-12H,7-10H2,1-3H3,(H,22,25)(H2,23,24,28). The molecule has 4 rings (SSSR count). The fourth-order valence-electron chi connectivity index (χ4n) is 3.43. The van der Waals surface area contributed by atoms with E-state index in [1.54, 1.807) is 24.4 Å². The zero-order chi connectivity index (χ0) is 23.1. The Labute approximate surface area is 190 Å². The normalized spacial score (nSPS) is 16.2. The van der Waals surface area contributed by atoms with Crippen LogP contribution in [-0.4, -0.2) is 60.0 Å². The van der Waals surface area contributed by atoms with Crippen LogP contribution in [0.5, 0.6) is 0 Å². The minimum atomic E-state index is -3.10. The van der Waals surface area contributed by atoms with Crippen molar-refractivity contribution in [3.63, 3.8) is 0 Å². The van der Waals surface area contributed by atoms with E-state index in [-0.39, 0.29) is 35.9 Å². The summed E-state index contributed by atoms with van der Waals surface area (Å²) in [7, 11) is -3.10. The molecule has 0 atom stereocenters. The van der Waals surface area contributed by atoms with Crippen molar-refractivity contribution < 1.29 is 18.0 Å². The maximum Gasteiger partial charge on any atom is 0.324 e. The summed E-state index contributed by atoms with van der Waals surface area (Å²) < 4.78 is 23.5. The fourth-order valence-corrected chi connectivity index (χ4v) is 5.74. The third kappa shape index (κ3) is 4.63. The monoisotopic (exact) mass is 475 g/mol. The summed E-state index contributed by atoms with van der Waals surface area (Å²) in [5, 5.41) is 13.7. The molecule has 11 heteroatoms. The first-order chi connectivity index (χ1) is 15.0. The lowest BCUT2D eigenvalue weighted by Crippen LogP contribution is -2.43. The first-order valence-electron chi connectivity index (χ1n) is 10.2. The average Bonchev–Trinajstić information content (AvgIpc) is 3.35. The summed E-state index contributed by atoms with van der Waals surface area (Å²) in [4.78, 5) is 28.5. The SMILES string of the molecule is CC(C)(C)c1cc(C(=O)N2CCS(=O)(=O)CC2)c(NC(=O)Nc2cccc3[nH]ncc23)s1. The molecule has 3 aromatic rings. The van der Waals surface area contributed by atoms with Gasteiger partial charge in [-0.15, -0.1) is 11.3 Å². The lowest BCUT2D eigenvalue weighted by atomic mass is 9.94. The summed E-state index contributed by atoms with van der Waals surface area (Å²) in [6.07, 6.45) is 1.63. The third-order valence-electron chi connectivity index (χ3n) is 5.29. The number of urea groups is 1. The van der Waals surface area contributed by atoms with Crippen LogP contribution in [0.2, 0.25) is 0 Å². The van der Waals surface area contributed by atoms with Gasteiger partial charge in [0.1, 0.15) is 5.00 Å². The number of nitrogens with zero attached hydrogens (tertiary/aromatic N) is 2. The van der Waals surface area contributed by atoms with E-state index in [0.29, 0.717) is 16.3 Å². The molecule has 0 unspecified atom stereocenters. The highest BCUT2D eigenvalue weighted by atomic mass is 32.2. The van der Waals surface area contributed by atoms with Gasteiger partial charge in [0.25, 0.3) is 5.91 Å². The van der Waals surface area contributed by atoms with Crippen molar-refractivity contribution in [2.24, 2.45) is 0 Å². The molecule has 0 saturated carbocycles. The number of nitrogens with one attached hydrogen (secondary N) is 3. The minimum absolute atomic E-state index is 0.0487. The topological polar surface area (TPSA) is 124 Å². The molecule has 1 aliphatic rings. The van der Waals surface area contributed by atoms with Crippen molar-refractivity contribution in [2.45, 2.75) is 26.2 Å². The van der Waals surface area contributed by atoms with Crippen molar-refractivity contribution >= 4 is 54.7 Å². The molecule has 0 spiro atoms. The fraction of sp³-hybridized carbons (Fsp3) is 0.381. The van der Waals surface area contributed by atoms with Gasteiger partial charge in [0.05, 0.1) is 34.5 Å². The predicted molar refractivity (Wildman–Crippen MR) is 126 cm³/mol. The largest absolute Gasteiger partial charge is 0.337 e. The maximum absolute atomic E-state index is 13.2. The summed E-state index contributed by atoms with van der Waals surface area (Å²) in [5.41, 5.74) is 1.54. The molecule has 1 aliphatic heterocycles. The number of rotatable bonds is 3. The molecule has 0 aliphatic carbocycles. The molecule has 9 nitrogen and oxygen atoms in total. The van der Waals surface area contributed by atoms with E-state index in [4.69, 9.17) is 0 Å². The second kappa shape index (κ2) is 8.21. The van der Waals surface area contributed by atoms with E-state index in [1.165, 1.54) is 16.2 Å². The van der Waals surface area contributed by atoms with Crippen molar-refractivity contribution in [2.75, 3.05) is 35.2 Å². The highest BCUT2D eigenvalue weighted by Crippen LogP contribution is 2.37. The van der Waals surface area contributed by atoms with Gasteiger partial charge in [-0.05, 0) is 23.6 Å². The molecule has 2 aromatic heterocycles. The van der Waals surface area contributed by atoms with Crippen molar-refractivity contribution in [3.05, 3.63) is 40.9 Å². The number of sulfone groups is 1. The van der Waals surface area contributed by atoms with Crippen LogP contribution < -0.4 is 10.6 Å². The molecular formula is C21H25N5O4S2. The Morgan fingerprint density at radius 3 is 2.56 bits per heavy atom. The molecule has 170 valence electrons. The van der Waals surface area contributed by atoms with Gasteiger partial charge in [-0.1, -0.05) is 26.8 Å². The lowest BCUT2D eigenvalue weighted by molar-refractivity contribution is 0.0771. The number of benzene rings is 1. The van der Waals surface area contributed by atoms with Crippen molar-refractivity contribution in [1.29, 1.82) is 0 Å². The number of thiophene rings is 1. The second-order valence-electron chi connectivity index (χ2n) is 8.76. The van der Waals surface area contributed by atoms with E-state index >= 15 is 0 Å². The van der Waals surface area contributed by atoms with E-state index in [2.05, 4.69) is 20.8 Å². The zero-order valence-corrected chi connectivity index (χ0v) is 19.7. The quantitative estimate of drug-likeness (QED) is 0.535. The van der Waals surface area contributed by atoms with Gasteiger partial charge in [0.2, 0.25) is 0 Å². The van der Waals surface area contributed by atoms with Gasteiger partial charge in [-0.3, -0.25) is 15.2 Å². The number of aromatic nitrogens is 2. The number of hydrogen-bond acceptors (Lipinski definition) is 6. The number of carbonyl (C=O) groups excluding carboxylic acids is 2. The molecular weight excluding hydrogens is 450 g/mol. The summed E-state index contributed by atoms with van der Waals surface area (Å²) in [6.45, 7) is 6.39. The Hall–Kier alpha value is -2.92. The van der Waals surface area contributed by atoms with Gasteiger partial charge >= 0.3 is 6.03 Å². The lowest BCUT2D eigenvalue weighted by Gasteiger charge is -2.26. The number of aromatic amines is 1. The van der Waals surface area contributed by atoms with Crippen LogP contribution in [0, 0.1) is 0 Å². The van der Waals surface area contributed by atoms with Crippen LogP contribution >= 0.6 is 11.3 Å². The maximum atomic E-state index is 13.2. The molecule has 0 radical (unpaired) electrons. The van der Waals surface area contributed by atoms with Gasteiger partial charge in [0, 0.05) is 23.4 Å². The summed E-state index contributed by atoms with van der Waals surface area (Å²) in [6, 6.07) is 6.75. The molecule has 1 aromatic carbocycles. The van der Waals surface area contributed by atoms with Gasteiger partial charge in [-0.2, -0.15) is 5.10 Å². The summed E-state index contributed by atoms with van der Waals surface area (Å²) in [5.74, 6) is -0.376. The van der Waals surface area contributed by atoms with E-state index < -0.39 is 15.9 Å². The van der Waals surface area contributed by atoms with Crippen molar-refractivity contribution in [1.82, 2.24) is 15.1 Å². The second-order valence-corrected chi connectivity index (χ2v) is 12.1. The molecule has 1 fully saturated rings. The minimum Gasteiger partial charge on any atom is -0.337 e. The first-order valence-corrected chi connectivity index (χ1v) is 12.8. The number of anilines is 2. The third-order valence-corrected chi connectivity index (χ3v) is 8.38. The van der Waals surface area contributed by atoms with Gasteiger partial charge in [0.15, 0.2) is 9.84 Å². The molecule has 3 N–H and O–H groups in total. The molecule has 3 amide bonds. The van der Waals surface area contributed by atoms with Crippen LogP contribution in [0.15, 0.2) is 30.5 Å². The highest BCUT2D eigenvalue weighted by molar-refractivity contribution is 7.91. The first kappa shape index (κ1) is 22.3. The van der Waals surface area contributed by atoms with Gasteiger partial charge < -0.3 is 10.2 Å². The molecule has 3 heterocycles. The van der Waals surface area contributed by atoms with Crippen LogP contribution in [0.1, 0.15) is 36.0 Å². The van der Waals surface area contributed by atoms with Crippen LogP contribution in [0.25, 0.3) is 10.9 Å². The number of carbonyl (C=O) groups is 2. The van der Waals surface area contributed by atoms with Crippen LogP contribution in [0.4, 0.5) is 15.5 Å². The number of amides is 3. The molecule has 1 saturated heterocycles. The Morgan fingerprint density at radius 2 is 1.88 bits per heavy atom. The predicted octanol–water partition coefficient (Wildman–Crippen LogP) is 3.44. The average molecular weight is 476 g/mol. The number of hydrogen-bond donors (Lipinski definition) is 3. The van der Waals surface area contributed by atoms with E-state index in [9.17, 15) is 18.0 Å². The van der Waals surface area contributed by atoms with E-state index in [1.807, 2.05) is 26.8 Å². The van der Waals surface area contributed by atoms with E-state index in [0.717, 1.165) is 15.8 Å². The Kier molecular flexibility index (Phi) is 5.72. The Bertz CT molecular complexity index is 1270. The van der Waals surface area contributed by atoms with Crippen LogP contribution in [-0.2, 0) is 15.3 Å².